The largest absolute Gasteiger partial charge is 0.508 e. The van der Waals surface area contributed by atoms with Crippen molar-refractivity contribution in [2.24, 2.45) is 11.8 Å². The summed E-state index contributed by atoms with van der Waals surface area (Å²) in [6.07, 6.45) is -1.65. The zero-order chi connectivity index (χ0) is 25.5. The molecule has 6 N–H and O–H groups in total. The lowest BCUT2D eigenvalue weighted by atomic mass is 9.90. The molecule has 0 radical (unpaired) electrons. The highest BCUT2D eigenvalue weighted by Crippen LogP contribution is 2.31. The molecule has 4 atom stereocenters. The number of alkyl carbamates (subject to hydrolysis) is 1. The van der Waals surface area contributed by atoms with Gasteiger partial charge in [0.1, 0.15) is 11.8 Å². The molecule has 35 heavy (non-hydrogen) atoms. The molecule has 0 saturated carbocycles. The number of phenolic OH excluding ortho intramolecular Hbond substituents is 1. The van der Waals surface area contributed by atoms with Crippen LogP contribution in [0.3, 0.4) is 0 Å². The number of aliphatic hydroxyl groups excluding tert-OH is 1. The maximum absolute atomic E-state index is 13.4. The Kier molecular flexibility index (Phi) is 8.67. The number of hydrogen-bond donors (Lipinski definition) is 6. The van der Waals surface area contributed by atoms with Gasteiger partial charge in [-0.1, -0.05) is 56.3 Å². The zero-order valence-electron chi connectivity index (χ0n) is 19.6. The van der Waals surface area contributed by atoms with E-state index in [1.807, 2.05) is 26.0 Å². The van der Waals surface area contributed by atoms with Crippen LogP contribution in [-0.4, -0.2) is 52.1 Å². The van der Waals surface area contributed by atoms with E-state index in [2.05, 4.69) is 10.6 Å². The third-order valence-electron chi connectivity index (χ3n) is 5.89. The van der Waals surface area contributed by atoms with Crippen LogP contribution in [0.1, 0.15) is 36.6 Å². The number of carbonyl (C=O) groups excluding carboxylic acids is 3. The molecule has 0 spiro atoms. The molecule has 10 heteroatoms. The molecule has 0 bridgehead atoms. The number of phenols is 1. The molecule has 0 aliphatic heterocycles. The van der Waals surface area contributed by atoms with Crippen molar-refractivity contribution in [1.29, 1.82) is 0 Å². The number of rotatable bonds is 9. The van der Waals surface area contributed by atoms with Crippen LogP contribution >= 0.6 is 0 Å². The van der Waals surface area contributed by atoms with Gasteiger partial charge in [0.05, 0.1) is 24.7 Å². The third kappa shape index (κ3) is 6.49. The summed E-state index contributed by atoms with van der Waals surface area (Å²) in [6, 6.07) is 11.3. The number of fused-ring (bicyclic) bond motifs is 1. The van der Waals surface area contributed by atoms with Crippen molar-refractivity contribution in [2.75, 3.05) is 6.61 Å². The molecule has 0 saturated heterocycles. The number of aromatic hydroxyl groups is 1. The Hall–Kier alpha value is -3.63. The maximum Gasteiger partial charge on any atom is 0.407 e. The SMILES string of the molecule is CC(C)COC(=O)N[C@@H](C(=O)N[C@H]1c2ccccc2C[C@H]1O)[C@H](Cc1ccccc1O)C(=O)NO. The van der Waals surface area contributed by atoms with Gasteiger partial charge in [0.25, 0.3) is 0 Å². The summed E-state index contributed by atoms with van der Waals surface area (Å²) in [7, 11) is 0. The van der Waals surface area contributed by atoms with Gasteiger partial charge < -0.3 is 25.6 Å². The number of nitrogens with one attached hydrogen (secondary N) is 3. The maximum atomic E-state index is 13.4. The summed E-state index contributed by atoms with van der Waals surface area (Å²) >= 11 is 0. The molecule has 3 rings (SSSR count). The Bertz CT molecular complexity index is 1060. The standard InChI is InChI=1S/C25H31N3O7/c1-14(2)13-35-25(33)27-22(18(23(31)28-34)11-16-8-4-6-10-19(16)29)24(32)26-21-17-9-5-3-7-15(17)12-20(21)30/h3-10,14,18,20-22,29-30,34H,11-13H2,1-2H3,(H,26,32)(H,27,33)(H,28,31)/t18-,20+,21-,22+/m0/s1. The molecule has 1 aliphatic rings. The van der Waals surface area contributed by atoms with E-state index in [1.165, 1.54) is 11.5 Å². The minimum Gasteiger partial charge on any atom is -0.508 e. The van der Waals surface area contributed by atoms with Gasteiger partial charge in [0.15, 0.2) is 0 Å². The Morgan fingerprint density at radius 2 is 1.74 bits per heavy atom. The lowest BCUT2D eigenvalue weighted by Gasteiger charge is -2.28. The summed E-state index contributed by atoms with van der Waals surface area (Å²) in [5.41, 5.74) is 3.49. The van der Waals surface area contributed by atoms with E-state index >= 15 is 0 Å². The van der Waals surface area contributed by atoms with E-state index in [0.717, 1.165) is 11.1 Å². The minimum atomic E-state index is -1.48. The van der Waals surface area contributed by atoms with Crippen LogP contribution in [-0.2, 0) is 27.2 Å². The van der Waals surface area contributed by atoms with Gasteiger partial charge in [-0.2, -0.15) is 0 Å². The van der Waals surface area contributed by atoms with Crippen LogP contribution in [0, 0.1) is 11.8 Å². The third-order valence-corrected chi connectivity index (χ3v) is 5.89. The second-order valence-corrected chi connectivity index (χ2v) is 8.99. The first kappa shape index (κ1) is 26.0. The predicted octanol–water partition coefficient (Wildman–Crippen LogP) is 1.58. The fourth-order valence-corrected chi connectivity index (χ4v) is 4.12. The van der Waals surface area contributed by atoms with Crippen molar-refractivity contribution in [3.63, 3.8) is 0 Å². The number of hydroxylamine groups is 1. The van der Waals surface area contributed by atoms with Crippen molar-refractivity contribution in [1.82, 2.24) is 16.1 Å². The Morgan fingerprint density at radius 1 is 1.06 bits per heavy atom. The first-order valence-corrected chi connectivity index (χ1v) is 11.4. The molecule has 2 aromatic rings. The lowest BCUT2D eigenvalue weighted by Crippen LogP contribution is -2.56. The second kappa shape index (κ2) is 11.7. The second-order valence-electron chi connectivity index (χ2n) is 8.99. The van der Waals surface area contributed by atoms with E-state index in [1.54, 1.807) is 30.3 Å². The molecule has 0 fully saturated rings. The molecular weight excluding hydrogens is 454 g/mol. The molecular formula is C25H31N3O7. The predicted molar refractivity (Wildman–Crippen MR) is 125 cm³/mol. The van der Waals surface area contributed by atoms with Crippen LogP contribution in [0.5, 0.6) is 5.75 Å². The number of aliphatic hydroxyl groups is 1. The summed E-state index contributed by atoms with van der Waals surface area (Å²) in [4.78, 5) is 38.6. The van der Waals surface area contributed by atoms with Crippen molar-refractivity contribution in [3.8, 4) is 5.75 Å². The highest BCUT2D eigenvalue weighted by atomic mass is 16.5. The van der Waals surface area contributed by atoms with Crippen molar-refractivity contribution in [2.45, 2.75) is 44.9 Å². The Labute approximate surface area is 203 Å². The number of hydrogen-bond acceptors (Lipinski definition) is 7. The van der Waals surface area contributed by atoms with E-state index < -0.39 is 42.0 Å². The van der Waals surface area contributed by atoms with Crippen molar-refractivity contribution < 1.29 is 34.5 Å². The van der Waals surface area contributed by atoms with Crippen LogP contribution in [0.4, 0.5) is 4.79 Å². The van der Waals surface area contributed by atoms with Crippen LogP contribution in [0.15, 0.2) is 48.5 Å². The van der Waals surface area contributed by atoms with E-state index in [9.17, 15) is 29.8 Å². The quantitative estimate of drug-likeness (QED) is 0.232. The normalized spacial score (nSPS) is 18.3. The minimum absolute atomic E-state index is 0.0379. The molecule has 188 valence electrons. The fraction of sp³-hybridized carbons (Fsp3) is 0.400. The number of carbonyl (C=O) groups is 3. The van der Waals surface area contributed by atoms with Crippen LogP contribution < -0.4 is 16.1 Å². The molecule has 0 aromatic heterocycles. The molecule has 3 amide bonds. The van der Waals surface area contributed by atoms with Crippen LogP contribution in [0.2, 0.25) is 0 Å². The molecule has 1 aliphatic carbocycles. The summed E-state index contributed by atoms with van der Waals surface area (Å²) in [5, 5.41) is 35.3. The molecule has 2 aromatic carbocycles. The average molecular weight is 486 g/mol. The highest BCUT2D eigenvalue weighted by Gasteiger charge is 2.39. The van der Waals surface area contributed by atoms with E-state index in [4.69, 9.17) is 4.74 Å². The molecule has 0 unspecified atom stereocenters. The topological polar surface area (TPSA) is 157 Å². The van der Waals surface area contributed by atoms with E-state index in [0.29, 0.717) is 12.0 Å². The van der Waals surface area contributed by atoms with E-state index in [-0.39, 0.29) is 24.7 Å². The number of ether oxygens (including phenoxy) is 1. The fourth-order valence-electron chi connectivity index (χ4n) is 4.12. The first-order chi connectivity index (χ1) is 16.7. The van der Waals surface area contributed by atoms with Crippen LogP contribution in [0.25, 0.3) is 0 Å². The summed E-state index contributed by atoms with van der Waals surface area (Å²) < 4.78 is 5.15. The molecule has 0 heterocycles. The van der Waals surface area contributed by atoms with Gasteiger partial charge in [-0.25, -0.2) is 10.3 Å². The Morgan fingerprint density at radius 3 is 2.43 bits per heavy atom. The lowest BCUT2D eigenvalue weighted by molar-refractivity contribution is -0.138. The summed E-state index contributed by atoms with van der Waals surface area (Å²) in [5.74, 6) is -3.07. The van der Waals surface area contributed by atoms with Gasteiger partial charge in [-0.15, -0.1) is 0 Å². The monoisotopic (exact) mass is 485 g/mol. The summed E-state index contributed by atoms with van der Waals surface area (Å²) in [6.45, 7) is 3.78. The van der Waals surface area contributed by atoms with Gasteiger partial charge in [0.2, 0.25) is 11.8 Å². The van der Waals surface area contributed by atoms with Gasteiger partial charge in [-0.3, -0.25) is 14.8 Å². The van der Waals surface area contributed by atoms with Gasteiger partial charge in [-0.05, 0) is 35.1 Å². The van der Waals surface area contributed by atoms with Gasteiger partial charge in [0, 0.05) is 6.42 Å². The zero-order valence-corrected chi connectivity index (χ0v) is 19.6. The highest BCUT2D eigenvalue weighted by molar-refractivity contribution is 5.92. The average Bonchev–Trinajstić information content (AvgIpc) is 3.15. The number of benzene rings is 2. The van der Waals surface area contributed by atoms with Crippen molar-refractivity contribution in [3.05, 3.63) is 65.2 Å². The van der Waals surface area contributed by atoms with Gasteiger partial charge >= 0.3 is 6.09 Å². The number of para-hydroxylation sites is 1. The first-order valence-electron chi connectivity index (χ1n) is 11.4. The smallest absolute Gasteiger partial charge is 0.407 e. The number of amides is 3. The van der Waals surface area contributed by atoms with Crippen molar-refractivity contribution >= 4 is 17.9 Å². The molecule has 10 nitrogen and oxygen atoms in total. The Balaban J connectivity index is 1.90.